The van der Waals surface area contributed by atoms with E-state index in [1.807, 2.05) is 60.8 Å². The van der Waals surface area contributed by atoms with Gasteiger partial charge in [0.1, 0.15) is 17.8 Å². The minimum absolute atomic E-state index is 0.0535. The van der Waals surface area contributed by atoms with Gasteiger partial charge in [-0.3, -0.25) is 0 Å². The summed E-state index contributed by atoms with van der Waals surface area (Å²) in [5.41, 5.74) is 2.72. The molecule has 6 rings (SSSR count). The lowest BCUT2D eigenvalue weighted by Crippen LogP contribution is -2.06. The van der Waals surface area contributed by atoms with Crippen molar-refractivity contribution in [3.05, 3.63) is 94.7 Å². The molecule has 0 radical (unpaired) electrons. The van der Waals surface area contributed by atoms with Gasteiger partial charge in [0.2, 0.25) is 0 Å². The van der Waals surface area contributed by atoms with Gasteiger partial charge in [-0.2, -0.15) is 0 Å². The maximum Gasteiger partial charge on any atom is 0.151 e. The third-order valence-corrected chi connectivity index (χ3v) is 8.75. The van der Waals surface area contributed by atoms with Gasteiger partial charge in [-0.1, -0.05) is 80.6 Å². The average molecular weight is 621 g/mol. The van der Waals surface area contributed by atoms with E-state index in [2.05, 4.69) is 48.6 Å². The number of thiophene rings is 1. The second kappa shape index (κ2) is 10.3. The van der Waals surface area contributed by atoms with E-state index < -0.39 is 0 Å². The van der Waals surface area contributed by atoms with Crippen LogP contribution in [-0.2, 0) is 0 Å². The highest BCUT2D eigenvalue weighted by Crippen LogP contribution is 2.36. The molecule has 0 unspecified atom stereocenters. The lowest BCUT2D eigenvalue weighted by molar-refractivity contribution is 0.488. The number of nitrogens with one attached hydrogen (secondary N) is 2. The number of hydrogen-bond donors (Lipinski definition) is 2. The smallest absolute Gasteiger partial charge is 0.151 e. The first kappa shape index (κ1) is 23.0. The lowest BCUT2D eigenvalue weighted by Gasteiger charge is -2.12. The summed E-state index contributed by atoms with van der Waals surface area (Å²) in [6, 6.07) is 21.7. The average Bonchev–Trinajstić information content (AvgIpc) is 3.34. The lowest BCUT2D eigenvalue weighted by atomic mass is 10.1. The Kier molecular flexibility index (Phi) is 6.55. The number of ether oxygens (including phenoxy) is 1. The second-order valence-corrected chi connectivity index (χ2v) is 11.6. The van der Waals surface area contributed by atoms with Crippen LogP contribution in [0.2, 0.25) is 5.02 Å². The monoisotopic (exact) mass is 620 g/mol. The van der Waals surface area contributed by atoms with Gasteiger partial charge in [-0.05, 0) is 39.7 Å². The predicted octanol–water partition coefficient (Wildman–Crippen LogP) is 7.60. The molecule has 0 saturated carbocycles. The van der Waals surface area contributed by atoms with Crippen molar-refractivity contribution in [3.8, 4) is 23.3 Å². The first-order valence-electron chi connectivity index (χ1n) is 11.1. The predicted molar refractivity (Wildman–Crippen MR) is 159 cm³/mol. The van der Waals surface area contributed by atoms with E-state index in [-0.39, 0.29) is 20.7 Å². The number of aromatic nitrogens is 2. The Hall–Kier alpha value is -3.45. The van der Waals surface area contributed by atoms with Crippen LogP contribution in [0.3, 0.4) is 0 Å². The zero-order chi connectivity index (χ0) is 24.3. The maximum absolute atomic E-state index is 6.61. The summed E-state index contributed by atoms with van der Waals surface area (Å²) in [6.45, 7) is 0. The van der Waals surface area contributed by atoms with Crippen LogP contribution in [-0.4, -0.2) is 18.5 Å². The van der Waals surface area contributed by atoms with Gasteiger partial charge in [0, 0.05) is 22.8 Å². The Morgan fingerprint density at radius 1 is 1.00 bits per heavy atom. The molecule has 2 N–H and O–H groups in total. The Labute approximate surface area is 226 Å². The van der Waals surface area contributed by atoms with Gasteiger partial charge in [0.05, 0.1) is 24.7 Å². The summed E-state index contributed by atoms with van der Waals surface area (Å²) in [4.78, 5) is 9.83. The van der Waals surface area contributed by atoms with Crippen LogP contribution in [0.4, 0.5) is 11.5 Å². The fraction of sp³-hybridized carbons (Fsp3) is 0.0357. The van der Waals surface area contributed by atoms with Crippen molar-refractivity contribution in [2.45, 2.75) is 0 Å². The third-order valence-electron chi connectivity index (χ3n) is 5.41. The van der Waals surface area contributed by atoms with E-state index in [1.54, 1.807) is 17.7 Å². The first-order chi connectivity index (χ1) is 17.7. The molecule has 1 aliphatic heterocycles. The van der Waals surface area contributed by atoms with Crippen LogP contribution in [0.5, 0.6) is 11.5 Å². The second-order valence-electron chi connectivity index (χ2n) is 7.85. The van der Waals surface area contributed by atoms with E-state index in [1.165, 1.54) is 0 Å². The molecule has 0 amide bonds. The fourth-order valence-electron chi connectivity index (χ4n) is 3.75. The number of benzene rings is 3. The molecule has 0 saturated heterocycles. The summed E-state index contributed by atoms with van der Waals surface area (Å²) >= 11 is 8.23. The third kappa shape index (κ3) is 4.93. The summed E-state index contributed by atoms with van der Waals surface area (Å²) < 4.78 is 10.4. The minimum atomic E-state index is 0.0535. The SMILES string of the molecule is Clc1cc(Nc2ncnc3cc(C#CC4=CNCI=C4)sc23)ccc1Oc1cccc2ccccc12. The number of alkyl halides is 1. The van der Waals surface area contributed by atoms with Gasteiger partial charge >= 0.3 is 0 Å². The highest BCUT2D eigenvalue weighted by Gasteiger charge is 2.11. The molecule has 1 aliphatic rings. The Morgan fingerprint density at radius 3 is 2.81 bits per heavy atom. The van der Waals surface area contributed by atoms with E-state index in [9.17, 15) is 0 Å². The topological polar surface area (TPSA) is 59.1 Å². The summed E-state index contributed by atoms with van der Waals surface area (Å²) in [7, 11) is 0. The van der Waals surface area contributed by atoms with E-state index in [0.717, 1.165) is 47.4 Å². The maximum atomic E-state index is 6.61. The van der Waals surface area contributed by atoms with Crippen LogP contribution >= 0.6 is 43.7 Å². The fourth-order valence-corrected chi connectivity index (χ4v) is 6.38. The molecular formula is C28H18ClIN4OS. The van der Waals surface area contributed by atoms with E-state index in [0.29, 0.717) is 16.6 Å². The quantitative estimate of drug-likeness (QED) is 0.0938. The van der Waals surface area contributed by atoms with Crippen molar-refractivity contribution in [1.29, 1.82) is 0 Å². The summed E-state index contributed by atoms with van der Waals surface area (Å²) in [5, 5.41) is 9.30. The normalized spacial score (nSPS) is 12.8. The van der Waals surface area contributed by atoms with Crippen LogP contribution in [0.15, 0.2) is 84.8 Å². The molecule has 0 aliphatic carbocycles. The molecule has 176 valence electrons. The molecule has 36 heavy (non-hydrogen) atoms. The van der Waals surface area contributed by atoms with Crippen molar-refractivity contribution >= 4 is 80.2 Å². The molecule has 2 aromatic heterocycles. The largest absolute Gasteiger partial charge is 0.455 e. The van der Waals surface area contributed by atoms with E-state index in [4.69, 9.17) is 16.3 Å². The number of nitrogens with zero attached hydrogens (tertiary/aromatic N) is 2. The Balaban J connectivity index is 1.24. The van der Waals surface area contributed by atoms with Crippen LogP contribution in [0.25, 0.3) is 21.0 Å². The number of fused-ring (bicyclic) bond motifs is 2. The highest BCUT2D eigenvalue weighted by molar-refractivity contribution is 14.2. The molecule has 0 fully saturated rings. The number of allylic oxidation sites excluding steroid dienone is 1. The highest BCUT2D eigenvalue weighted by atomic mass is 127. The standard InChI is InChI=1S/C28H18ClIN4OS/c29-23-12-20(9-11-26(23)35-25-7-3-5-19-4-1-2-6-22(19)25)34-28-27-24(32-17-33-28)13-21(36-27)10-8-18-14-30-16-31-15-18/h1-7,9,11-15,17,31H,16H2,(H,32,33,34). The molecule has 5 aromatic rings. The number of halogens is 2. The first-order valence-corrected chi connectivity index (χ1v) is 15.0. The Morgan fingerprint density at radius 2 is 1.92 bits per heavy atom. The summed E-state index contributed by atoms with van der Waals surface area (Å²) in [5.74, 6) is 8.57. The van der Waals surface area contributed by atoms with Crippen molar-refractivity contribution in [2.75, 3.05) is 9.87 Å². The van der Waals surface area contributed by atoms with Crippen molar-refractivity contribution in [2.24, 2.45) is 0 Å². The van der Waals surface area contributed by atoms with Crippen LogP contribution in [0, 0.1) is 11.8 Å². The molecule has 0 atom stereocenters. The van der Waals surface area contributed by atoms with Gasteiger partial charge in [-0.15, -0.1) is 11.3 Å². The molecule has 0 bridgehead atoms. The van der Waals surface area contributed by atoms with Gasteiger partial charge < -0.3 is 15.4 Å². The molecule has 8 heteroatoms. The molecule has 0 spiro atoms. The number of anilines is 2. The number of rotatable bonds is 4. The molecule has 5 nitrogen and oxygen atoms in total. The molecule has 3 heterocycles. The Bertz CT molecular complexity index is 1730. The summed E-state index contributed by atoms with van der Waals surface area (Å²) in [6.07, 6.45) is 3.54. The van der Waals surface area contributed by atoms with Gasteiger partial charge in [-0.25, -0.2) is 9.97 Å². The zero-order valence-corrected chi connectivity index (χ0v) is 22.5. The van der Waals surface area contributed by atoms with Crippen molar-refractivity contribution in [1.82, 2.24) is 15.3 Å². The van der Waals surface area contributed by atoms with Gasteiger partial charge in [0.15, 0.2) is 5.82 Å². The molecular weight excluding hydrogens is 603 g/mol. The van der Waals surface area contributed by atoms with Crippen molar-refractivity contribution < 1.29 is 4.74 Å². The van der Waals surface area contributed by atoms with E-state index >= 15 is 0 Å². The van der Waals surface area contributed by atoms with Crippen LogP contribution in [0.1, 0.15) is 4.88 Å². The van der Waals surface area contributed by atoms with Gasteiger partial charge in [0.25, 0.3) is 0 Å². The number of hydrogen-bond acceptors (Lipinski definition) is 6. The zero-order valence-electron chi connectivity index (χ0n) is 18.8. The molecule has 3 aromatic carbocycles. The minimum Gasteiger partial charge on any atom is -0.455 e. The van der Waals surface area contributed by atoms with Crippen molar-refractivity contribution in [3.63, 3.8) is 0 Å². The van der Waals surface area contributed by atoms with Crippen LogP contribution < -0.4 is 15.4 Å².